The van der Waals surface area contributed by atoms with E-state index in [4.69, 9.17) is 0 Å². The second-order valence-electron chi connectivity index (χ2n) is 3.66. The normalized spacial score (nSPS) is 9.29. The van der Waals surface area contributed by atoms with Gasteiger partial charge < -0.3 is 19.8 Å². The zero-order chi connectivity index (χ0) is 13.1. The van der Waals surface area contributed by atoms with Crippen LogP contribution in [0.4, 0.5) is 0 Å². The fourth-order valence-electron chi connectivity index (χ4n) is 1.24. The van der Waals surface area contributed by atoms with E-state index in [2.05, 4.69) is 0 Å². The van der Waals surface area contributed by atoms with E-state index in [1.54, 1.807) is 0 Å². The summed E-state index contributed by atoms with van der Waals surface area (Å²) in [5, 5.41) is 20.1. The average molecular weight is 289 g/mol. The second-order valence-corrected chi connectivity index (χ2v) is 3.66. The minimum absolute atomic E-state index is 0. The predicted octanol–water partition coefficient (Wildman–Crippen LogP) is 0.343. The molecule has 0 N–H and O–H groups in total. The molecule has 0 amide bonds. The molecule has 0 aliphatic rings. The third-order valence-electron chi connectivity index (χ3n) is 2.64. The number of hydrogen-bond donors (Lipinski definition) is 0. The molecular weight excluding hydrogens is 267 g/mol. The molecule has 0 spiro atoms. The number of carboxylic acids is 2. The number of aliphatic carboxylic acids is 2. The maximum absolute atomic E-state index is 10.1. The van der Waals surface area contributed by atoms with Crippen LogP contribution in [0.1, 0.15) is 53.4 Å². The monoisotopic (exact) mass is 288 g/mol. The van der Waals surface area contributed by atoms with E-state index in [0.29, 0.717) is 25.7 Å². The number of carbonyl (C=O) groups is 2. The van der Waals surface area contributed by atoms with E-state index < -0.39 is 11.9 Å². The molecule has 0 fully saturated rings. The molecule has 4 nitrogen and oxygen atoms in total. The zero-order valence-corrected chi connectivity index (χ0v) is 11.9. The first kappa shape index (κ1) is 21.7. The Morgan fingerprint density at radius 1 is 0.765 bits per heavy atom. The molecule has 0 unspecified atom stereocenters. The molecule has 0 bridgehead atoms. The van der Waals surface area contributed by atoms with Gasteiger partial charge in [0.05, 0.1) is 0 Å². The molecule has 0 atom stereocenters. The summed E-state index contributed by atoms with van der Waals surface area (Å²) in [4.78, 5) is 20.1. The fourth-order valence-corrected chi connectivity index (χ4v) is 1.24. The summed E-state index contributed by atoms with van der Waals surface area (Å²) >= 11 is 0. The average Bonchev–Trinajstić information content (AvgIpc) is 2.21. The molecule has 0 aliphatic carbocycles. The summed E-state index contributed by atoms with van der Waals surface area (Å²) in [5.74, 6) is -2.32. The van der Waals surface area contributed by atoms with Gasteiger partial charge in [-0.3, -0.25) is 0 Å². The van der Waals surface area contributed by atoms with E-state index in [1.807, 2.05) is 27.7 Å². The SMILES string of the molecule is CCC(CC)C(=O)[O-].CCC(CC)C(=O)[O-].[Ni+2]. The van der Waals surface area contributed by atoms with Gasteiger partial charge in [0, 0.05) is 11.9 Å². The largest absolute Gasteiger partial charge is 2.00 e. The molecule has 0 saturated carbocycles. The third kappa shape index (κ3) is 11.7. The molecule has 0 rings (SSSR count). The van der Waals surface area contributed by atoms with Crippen molar-refractivity contribution in [2.24, 2.45) is 11.8 Å². The summed E-state index contributed by atoms with van der Waals surface area (Å²) in [5.41, 5.74) is 0. The number of hydrogen-bond acceptors (Lipinski definition) is 4. The van der Waals surface area contributed by atoms with Gasteiger partial charge in [0.25, 0.3) is 0 Å². The number of rotatable bonds is 6. The molecular formula is C12H22NiO4. The topological polar surface area (TPSA) is 80.3 Å². The van der Waals surface area contributed by atoms with E-state index in [9.17, 15) is 19.8 Å². The Bertz CT molecular complexity index is 177. The van der Waals surface area contributed by atoms with Gasteiger partial charge in [0.15, 0.2) is 0 Å². The molecule has 5 heteroatoms. The summed E-state index contributed by atoms with van der Waals surface area (Å²) in [6, 6.07) is 0. The van der Waals surface area contributed by atoms with Crippen LogP contribution in [0.2, 0.25) is 0 Å². The van der Waals surface area contributed by atoms with Crippen molar-refractivity contribution in [1.29, 1.82) is 0 Å². The van der Waals surface area contributed by atoms with Crippen molar-refractivity contribution in [2.75, 3.05) is 0 Å². The molecule has 0 aromatic rings. The summed E-state index contributed by atoms with van der Waals surface area (Å²) in [7, 11) is 0. The van der Waals surface area contributed by atoms with Crippen LogP contribution in [0, 0.1) is 11.8 Å². The van der Waals surface area contributed by atoms with Gasteiger partial charge in [0.1, 0.15) is 0 Å². The molecule has 0 radical (unpaired) electrons. The van der Waals surface area contributed by atoms with Crippen LogP contribution in [-0.2, 0) is 26.1 Å². The first-order chi connectivity index (χ1) is 7.44. The third-order valence-corrected chi connectivity index (χ3v) is 2.64. The van der Waals surface area contributed by atoms with Gasteiger partial charge in [-0.2, -0.15) is 0 Å². The standard InChI is InChI=1S/2C6H12O2.Ni/c2*1-3-5(4-2)6(7)8;/h2*5H,3-4H2,1-2H3,(H,7,8);/q;;+2/p-2. The molecule has 0 aliphatic heterocycles. The molecule has 0 heterocycles. The Morgan fingerprint density at radius 3 is 0.941 bits per heavy atom. The van der Waals surface area contributed by atoms with Crippen molar-refractivity contribution in [2.45, 2.75) is 53.4 Å². The molecule has 0 aromatic heterocycles. The van der Waals surface area contributed by atoms with E-state index >= 15 is 0 Å². The van der Waals surface area contributed by atoms with Gasteiger partial charge in [-0.05, 0) is 37.5 Å². The molecule has 104 valence electrons. The Balaban J connectivity index is -0.000000218. The van der Waals surface area contributed by atoms with Crippen molar-refractivity contribution in [3.63, 3.8) is 0 Å². The maximum atomic E-state index is 10.1. The summed E-state index contributed by atoms with van der Waals surface area (Å²) < 4.78 is 0. The molecule has 17 heavy (non-hydrogen) atoms. The van der Waals surface area contributed by atoms with Gasteiger partial charge in [-0.1, -0.05) is 27.7 Å². The Labute approximate surface area is 114 Å². The van der Waals surface area contributed by atoms with E-state index in [1.165, 1.54) is 0 Å². The first-order valence-electron chi connectivity index (χ1n) is 5.86. The second kappa shape index (κ2) is 13.5. The van der Waals surface area contributed by atoms with E-state index in [-0.39, 0.29) is 28.3 Å². The van der Waals surface area contributed by atoms with Crippen LogP contribution in [0.3, 0.4) is 0 Å². The predicted molar refractivity (Wildman–Crippen MR) is 58.2 cm³/mol. The van der Waals surface area contributed by atoms with Crippen molar-refractivity contribution >= 4 is 11.9 Å². The van der Waals surface area contributed by atoms with Crippen LogP contribution in [-0.4, -0.2) is 11.9 Å². The fraction of sp³-hybridized carbons (Fsp3) is 0.833. The Morgan fingerprint density at radius 2 is 0.941 bits per heavy atom. The van der Waals surface area contributed by atoms with Crippen LogP contribution >= 0.6 is 0 Å². The van der Waals surface area contributed by atoms with E-state index in [0.717, 1.165) is 0 Å². The maximum Gasteiger partial charge on any atom is 2.00 e. The van der Waals surface area contributed by atoms with Crippen molar-refractivity contribution in [3.8, 4) is 0 Å². The molecule has 0 aromatic carbocycles. The van der Waals surface area contributed by atoms with Gasteiger partial charge in [-0.15, -0.1) is 0 Å². The minimum Gasteiger partial charge on any atom is -0.550 e. The van der Waals surface area contributed by atoms with Crippen molar-refractivity contribution < 1.29 is 36.3 Å². The summed E-state index contributed by atoms with van der Waals surface area (Å²) in [6.45, 7) is 7.40. The van der Waals surface area contributed by atoms with Crippen LogP contribution in [0.5, 0.6) is 0 Å². The minimum atomic E-state index is -0.921. The Hall–Kier alpha value is -0.566. The first-order valence-corrected chi connectivity index (χ1v) is 5.86. The smallest absolute Gasteiger partial charge is 0.550 e. The number of carbonyl (C=O) groups excluding carboxylic acids is 2. The molecule has 0 saturated heterocycles. The van der Waals surface area contributed by atoms with Crippen LogP contribution < -0.4 is 10.2 Å². The quantitative estimate of drug-likeness (QED) is 0.660. The van der Waals surface area contributed by atoms with Gasteiger partial charge >= 0.3 is 16.5 Å². The van der Waals surface area contributed by atoms with Crippen LogP contribution in [0.15, 0.2) is 0 Å². The van der Waals surface area contributed by atoms with Gasteiger partial charge in [-0.25, -0.2) is 0 Å². The zero-order valence-electron chi connectivity index (χ0n) is 10.9. The number of carboxylic acid groups (broad SMARTS) is 2. The van der Waals surface area contributed by atoms with Gasteiger partial charge in [0.2, 0.25) is 0 Å². The summed E-state index contributed by atoms with van der Waals surface area (Å²) in [6.07, 6.45) is 2.72. The van der Waals surface area contributed by atoms with Crippen LogP contribution in [0.25, 0.3) is 0 Å². The van der Waals surface area contributed by atoms with Crippen molar-refractivity contribution in [1.82, 2.24) is 0 Å². The van der Waals surface area contributed by atoms with Crippen molar-refractivity contribution in [3.05, 3.63) is 0 Å². The Kier molecular flexibility index (Phi) is 17.2.